The Bertz CT molecular complexity index is 620. The SMILES string of the molecule is N[C@H]1CC[C@@H](C(=O)NCc2nc3c(s2)CCCC3)CN(C2CCOCC2)C1. The van der Waals surface area contributed by atoms with Crippen LogP contribution in [0.15, 0.2) is 0 Å². The van der Waals surface area contributed by atoms with Gasteiger partial charge in [-0.3, -0.25) is 9.69 Å². The van der Waals surface area contributed by atoms with Gasteiger partial charge in [0.1, 0.15) is 5.01 Å². The second-order valence-corrected chi connectivity index (χ2v) is 9.40. The van der Waals surface area contributed by atoms with Gasteiger partial charge in [0.05, 0.1) is 18.2 Å². The van der Waals surface area contributed by atoms with E-state index in [2.05, 4.69) is 10.2 Å². The first kappa shape index (κ1) is 19.3. The van der Waals surface area contributed by atoms with Crippen LogP contribution < -0.4 is 11.1 Å². The average molecular weight is 393 g/mol. The maximum absolute atomic E-state index is 12.9. The number of fused-ring (bicyclic) bond motifs is 1. The highest BCUT2D eigenvalue weighted by Crippen LogP contribution is 2.27. The van der Waals surface area contributed by atoms with Crippen LogP contribution in [-0.4, -0.2) is 54.2 Å². The molecule has 3 N–H and O–H groups in total. The molecular weight excluding hydrogens is 360 g/mol. The standard InChI is InChI=1S/C20H32N4O2S/c21-15-6-5-14(12-24(13-15)16-7-9-26-10-8-16)20(25)22-11-19-23-17-3-1-2-4-18(17)27-19/h14-16H,1-13,21H2,(H,22,25)/t14-,15+/m1/s1. The minimum Gasteiger partial charge on any atom is -0.381 e. The van der Waals surface area contributed by atoms with E-state index in [-0.39, 0.29) is 17.9 Å². The van der Waals surface area contributed by atoms with Crippen LogP contribution >= 0.6 is 11.3 Å². The summed E-state index contributed by atoms with van der Waals surface area (Å²) in [6, 6.07) is 0.667. The van der Waals surface area contributed by atoms with Crippen LogP contribution in [0.5, 0.6) is 0 Å². The third-order valence-corrected chi connectivity index (χ3v) is 7.35. The van der Waals surface area contributed by atoms with Crippen molar-refractivity contribution in [3.05, 3.63) is 15.6 Å². The number of carbonyl (C=O) groups is 1. The zero-order valence-corrected chi connectivity index (χ0v) is 16.9. The molecule has 0 saturated carbocycles. The maximum Gasteiger partial charge on any atom is 0.224 e. The van der Waals surface area contributed by atoms with Gasteiger partial charge in [-0.2, -0.15) is 0 Å². The lowest BCUT2D eigenvalue weighted by atomic mass is 10.0. The maximum atomic E-state index is 12.9. The molecule has 1 aliphatic carbocycles. The quantitative estimate of drug-likeness (QED) is 0.817. The summed E-state index contributed by atoms with van der Waals surface area (Å²) in [5.41, 5.74) is 7.57. The van der Waals surface area contributed by atoms with Crippen LogP contribution in [0.25, 0.3) is 0 Å². The molecule has 1 aromatic heterocycles. The van der Waals surface area contributed by atoms with E-state index in [1.54, 1.807) is 11.3 Å². The summed E-state index contributed by atoms with van der Waals surface area (Å²) in [4.78, 5) is 21.5. The number of hydrogen-bond acceptors (Lipinski definition) is 6. The Morgan fingerprint density at radius 3 is 2.81 bits per heavy atom. The van der Waals surface area contributed by atoms with E-state index in [9.17, 15) is 4.79 Å². The van der Waals surface area contributed by atoms with Crippen molar-refractivity contribution in [1.82, 2.24) is 15.2 Å². The number of amides is 1. The lowest BCUT2D eigenvalue weighted by Crippen LogP contribution is -2.47. The first-order chi connectivity index (χ1) is 13.2. The van der Waals surface area contributed by atoms with Crippen molar-refractivity contribution in [3.63, 3.8) is 0 Å². The van der Waals surface area contributed by atoms with Gasteiger partial charge in [-0.25, -0.2) is 4.98 Å². The fourth-order valence-electron chi connectivity index (χ4n) is 4.61. The number of carbonyl (C=O) groups excluding carboxylic acids is 1. The second kappa shape index (κ2) is 8.99. The average Bonchev–Trinajstić information content (AvgIpc) is 3.01. The summed E-state index contributed by atoms with van der Waals surface area (Å²) < 4.78 is 5.50. The molecule has 0 bridgehead atoms. The molecular formula is C20H32N4O2S. The molecule has 0 unspecified atom stereocenters. The molecule has 2 atom stereocenters. The Morgan fingerprint density at radius 1 is 1.19 bits per heavy atom. The van der Waals surface area contributed by atoms with Gasteiger partial charge in [0.2, 0.25) is 5.91 Å². The molecule has 1 amide bonds. The van der Waals surface area contributed by atoms with Crippen LogP contribution in [-0.2, 0) is 28.9 Å². The summed E-state index contributed by atoms with van der Waals surface area (Å²) >= 11 is 1.78. The summed E-state index contributed by atoms with van der Waals surface area (Å²) in [5.74, 6) is 0.185. The molecule has 3 heterocycles. The minimum atomic E-state index is 0.0241. The lowest BCUT2D eigenvalue weighted by Gasteiger charge is -2.35. The second-order valence-electron chi connectivity index (χ2n) is 8.23. The van der Waals surface area contributed by atoms with E-state index < -0.39 is 0 Å². The molecule has 4 rings (SSSR count). The van der Waals surface area contributed by atoms with Gasteiger partial charge >= 0.3 is 0 Å². The number of nitrogens with zero attached hydrogens (tertiary/aromatic N) is 2. The number of likely N-dealkylation sites (tertiary alicyclic amines) is 1. The van der Waals surface area contributed by atoms with Gasteiger partial charge in [0, 0.05) is 43.3 Å². The zero-order chi connectivity index (χ0) is 18.6. The minimum absolute atomic E-state index is 0.0241. The van der Waals surface area contributed by atoms with E-state index in [4.69, 9.17) is 15.5 Å². The third-order valence-electron chi connectivity index (χ3n) is 6.19. The predicted molar refractivity (Wildman–Crippen MR) is 107 cm³/mol. The lowest BCUT2D eigenvalue weighted by molar-refractivity contribution is -0.126. The van der Waals surface area contributed by atoms with E-state index in [1.807, 2.05) is 0 Å². The topological polar surface area (TPSA) is 80.5 Å². The van der Waals surface area contributed by atoms with Crippen molar-refractivity contribution in [3.8, 4) is 0 Å². The molecule has 2 aliphatic heterocycles. The molecule has 0 radical (unpaired) electrons. The van der Waals surface area contributed by atoms with E-state index in [1.165, 1.54) is 23.4 Å². The number of aryl methyl sites for hydroxylation is 2. The number of aromatic nitrogens is 1. The Balaban J connectivity index is 1.34. The molecule has 150 valence electrons. The van der Waals surface area contributed by atoms with Crippen molar-refractivity contribution in [2.45, 2.75) is 70.0 Å². The van der Waals surface area contributed by atoms with Crippen molar-refractivity contribution < 1.29 is 9.53 Å². The van der Waals surface area contributed by atoms with Crippen molar-refractivity contribution >= 4 is 17.2 Å². The smallest absolute Gasteiger partial charge is 0.224 e. The number of hydrogen-bond donors (Lipinski definition) is 2. The van der Waals surface area contributed by atoms with Crippen molar-refractivity contribution in [1.29, 1.82) is 0 Å². The third kappa shape index (κ3) is 4.88. The van der Waals surface area contributed by atoms with Crippen LogP contribution in [0.4, 0.5) is 0 Å². The molecule has 6 nitrogen and oxygen atoms in total. The number of nitrogens with two attached hydrogens (primary N) is 1. The molecule has 0 aromatic carbocycles. The first-order valence-corrected chi connectivity index (χ1v) is 11.3. The zero-order valence-electron chi connectivity index (χ0n) is 16.1. The fourth-order valence-corrected chi connectivity index (χ4v) is 5.70. The Kier molecular flexibility index (Phi) is 6.42. The van der Waals surface area contributed by atoms with Gasteiger partial charge in [-0.15, -0.1) is 11.3 Å². The van der Waals surface area contributed by atoms with Crippen molar-refractivity contribution in [2.24, 2.45) is 11.7 Å². The van der Waals surface area contributed by atoms with Gasteiger partial charge < -0.3 is 15.8 Å². The van der Waals surface area contributed by atoms with Gasteiger partial charge in [0.15, 0.2) is 0 Å². The van der Waals surface area contributed by atoms with E-state index in [0.29, 0.717) is 12.6 Å². The van der Waals surface area contributed by atoms with Crippen LogP contribution in [0.1, 0.15) is 54.1 Å². The number of thiazole rings is 1. The molecule has 2 saturated heterocycles. The summed E-state index contributed by atoms with van der Waals surface area (Å²) in [5, 5.41) is 4.22. The number of nitrogens with one attached hydrogen (secondary N) is 1. The fraction of sp³-hybridized carbons (Fsp3) is 0.800. The highest BCUT2D eigenvalue weighted by Gasteiger charge is 2.31. The monoisotopic (exact) mass is 392 g/mol. The number of rotatable bonds is 4. The highest BCUT2D eigenvalue weighted by molar-refractivity contribution is 7.11. The van der Waals surface area contributed by atoms with Gasteiger partial charge in [0.25, 0.3) is 0 Å². The molecule has 1 aromatic rings. The molecule has 3 aliphatic rings. The van der Waals surface area contributed by atoms with Crippen molar-refractivity contribution in [2.75, 3.05) is 26.3 Å². The Morgan fingerprint density at radius 2 is 2.00 bits per heavy atom. The molecule has 0 spiro atoms. The van der Waals surface area contributed by atoms with Crippen LogP contribution in [0.2, 0.25) is 0 Å². The van der Waals surface area contributed by atoms with Gasteiger partial charge in [-0.05, 0) is 51.4 Å². The predicted octanol–water partition coefficient (Wildman–Crippen LogP) is 1.86. The molecule has 2 fully saturated rings. The van der Waals surface area contributed by atoms with Gasteiger partial charge in [-0.1, -0.05) is 0 Å². The Labute approximate surface area is 165 Å². The first-order valence-electron chi connectivity index (χ1n) is 10.5. The summed E-state index contributed by atoms with van der Waals surface area (Å²) in [7, 11) is 0. The van der Waals surface area contributed by atoms with E-state index in [0.717, 1.165) is 69.8 Å². The Hall–Kier alpha value is -1.02. The van der Waals surface area contributed by atoms with Crippen LogP contribution in [0, 0.1) is 5.92 Å². The summed E-state index contributed by atoms with van der Waals surface area (Å²) in [6.07, 6.45) is 8.65. The van der Waals surface area contributed by atoms with E-state index >= 15 is 0 Å². The molecule has 27 heavy (non-hydrogen) atoms. The highest BCUT2D eigenvalue weighted by atomic mass is 32.1. The normalized spacial score (nSPS) is 27.7. The number of ether oxygens (including phenoxy) is 1. The summed E-state index contributed by atoms with van der Waals surface area (Å²) in [6.45, 7) is 3.92. The van der Waals surface area contributed by atoms with Crippen LogP contribution in [0.3, 0.4) is 0 Å². The molecule has 7 heteroatoms. The largest absolute Gasteiger partial charge is 0.381 e.